The molecule has 0 N–H and O–H groups in total. The number of hydrogen-bond acceptors (Lipinski definition) is 1. The maximum Gasteiger partial charge on any atom is 0.300 e. The molecule has 0 radical (unpaired) electrons. The summed E-state index contributed by atoms with van der Waals surface area (Å²) in [6.07, 6.45) is 3.84. The van der Waals surface area contributed by atoms with Crippen molar-refractivity contribution in [2.24, 2.45) is 0 Å². The summed E-state index contributed by atoms with van der Waals surface area (Å²) in [6, 6.07) is 18.2. The van der Waals surface area contributed by atoms with E-state index in [0.29, 0.717) is 0 Å². The van der Waals surface area contributed by atoms with Gasteiger partial charge in [0.25, 0.3) is 5.82 Å². The standard InChI is InChI=1S/C16H17N2/c1-14-10-6-7-11-16(14)18-13-9-5-3-4-8-12-17-15(18)2/h3-13H,1-2H3/q+1. The van der Waals surface area contributed by atoms with Gasteiger partial charge >= 0.3 is 0 Å². The highest BCUT2D eigenvalue weighted by Gasteiger charge is 2.07. The third-order valence-electron chi connectivity index (χ3n) is 2.75. The van der Waals surface area contributed by atoms with Crippen molar-refractivity contribution in [3.63, 3.8) is 0 Å². The van der Waals surface area contributed by atoms with Crippen LogP contribution in [0.4, 0.5) is 0 Å². The van der Waals surface area contributed by atoms with Crippen molar-refractivity contribution in [3.05, 3.63) is 78.4 Å². The molecule has 0 fully saturated rings. The van der Waals surface area contributed by atoms with E-state index in [1.54, 1.807) is 0 Å². The van der Waals surface area contributed by atoms with Crippen molar-refractivity contribution in [3.8, 4) is 5.69 Å². The quantitative estimate of drug-likeness (QED) is 0.696. The van der Waals surface area contributed by atoms with E-state index in [1.165, 1.54) is 5.56 Å². The highest BCUT2D eigenvalue weighted by Crippen LogP contribution is 2.05. The maximum absolute atomic E-state index is 4.43. The second-order valence-electron chi connectivity index (χ2n) is 4.09. The molecule has 2 rings (SSSR count). The van der Waals surface area contributed by atoms with Gasteiger partial charge in [-0.15, -0.1) is 0 Å². The Kier molecular flexibility index (Phi) is 4.02. The molecule has 0 atom stereocenters. The van der Waals surface area contributed by atoms with E-state index in [4.69, 9.17) is 0 Å². The fourth-order valence-electron chi connectivity index (χ4n) is 1.79. The normalized spacial score (nSPS) is 9.67. The van der Waals surface area contributed by atoms with Crippen LogP contribution in [0.15, 0.2) is 67.0 Å². The molecule has 0 aliphatic carbocycles. The van der Waals surface area contributed by atoms with Crippen LogP contribution in [0.5, 0.6) is 0 Å². The average Bonchev–Trinajstić information content (AvgIpc) is 2.38. The summed E-state index contributed by atoms with van der Waals surface area (Å²) >= 11 is 0. The van der Waals surface area contributed by atoms with E-state index in [1.807, 2.05) is 61.8 Å². The second kappa shape index (κ2) is 5.92. The van der Waals surface area contributed by atoms with E-state index in [0.717, 1.165) is 11.5 Å². The Morgan fingerprint density at radius 1 is 0.833 bits per heavy atom. The van der Waals surface area contributed by atoms with Crippen molar-refractivity contribution in [1.82, 2.24) is 4.98 Å². The van der Waals surface area contributed by atoms with Crippen LogP contribution in [-0.2, 0) is 0 Å². The van der Waals surface area contributed by atoms with Crippen LogP contribution in [0, 0.1) is 13.8 Å². The van der Waals surface area contributed by atoms with Gasteiger partial charge in [-0.2, -0.15) is 0 Å². The van der Waals surface area contributed by atoms with Gasteiger partial charge in [0.2, 0.25) is 0 Å². The van der Waals surface area contributed by atoms with Gasteiger partial charge in [0, 0.05) is 6.92 Å². The molecule has 0 saturated heterocycles. The number of nitrogens with zero attached hydrogens (tertiary/aromatic N) is 2. The van der Waals surface area contributed by atoms with E-state index in [9.17, 15) is 0 Å². The highest BCUT2D eigenvalue weighted by atomic mass is 15.0. The molecule has 2 aromatic rings. The third-order valence-corrected chi connectivity index (χ3v) is 2.75. The first-order chi connectivity index (χ1) is 8.79. The Hall–Kier alpha value is -2.22. The van der Waals surface area contributed by atoms with Gasteiger partial charge in [0.05, 0.1) is 6.20 Å². The molecular weight excluding hydrogens is 220 g/mol. The average molecular weight is 237 g/mol. The van der Waals surface area contributed by atoms with Crippen LogP contribution in [-0.4, -0.2) is 4.98 Å². The summed E-state index contributed by atoms with van der Waals surface area (Å²) in [7, 11) is 0. The maximum atomic E-state index is 4.43. The van der Waals surface area contributed by atoms with E-state index in [-0.39, 0.29) is 0 Å². The Labute approximate surface area is 108 Å². The summed E-state index contributed by atoms with van der Waals surface area (Å²) in [5, 5.41) is 0. The molecule has 2 nitrogen and oxygen atoms in total. The molecule has 0 bridgehead atoms. The molecule has 0 aliphatic heterocycles. The molecule has 1 heterocycles. The molecule has 0 aliphatic rings. The first kappa shape index (κ1) is 12.2. The molecule has 1 aromatic heterocycles. The lowest BCUT2D eigenvalue weighted by molar-refractivity contribution is -0.605. The topological polar surface area (TPSA) is 16.8 Å². The van der Waals surface area contributed by atoms with Crippen LogP contribution >= 0.6 is 0 Å². The SMILES string of the molecule is Cc1ccccc1-[n+]1cccccccnc1C. The van der Waals surface area contributed by atoms with Crippen LogP contribution in [0.2, 0.25) is 0 Å². The van der Waals surface area contributed by atoms with Crippen LogP contribution in [0.1, 0.15) is 11.4 Å². The van der Waals surface area contributed by atoms with Crippen LogP contribution in [0.3, 0.4) is 0 Å². The van der Waals surface area contributed by atoms with Crippen molar-refractivity contribution < 1.29 is 4.57 Å². The molecule has 90 valence electrons. The molecule has 2 heteroatoms. The predicted molar refractivity (Wildman–Crippen MR) is 72.9 cm³/mol. The molecule has 0 amide bonds. The number of aryl methyl sites for hydroxylation is 2. The molecule has 1 aromatic carbocycles. The number of rotatable bonds is 1. The zero-order valence-corrected chi connectivity index (χ0v) is 10.7. The van der Waals surface area contributed by atoms with E-state index in [2.05, 4.69) is 28.6 Å². The zero-order chi connectivity index (χ0) is 12.8. The summed E-state index contributed by atoms with van der Waals surface area (Å²) in [5.74, 6) is 0.945. The third kappa shape index (κ3) is 2.92. The highest BCUT2D eigenvalue weighted by molar-refractivity contribution is 5.32. The lowest BCUT2D eigenvalue weighted by Gasteiger charge is -2.02. The van der Waals surface area contributed by atoms with Gasteiger partial charge in [-0.1, -0.05) is 41.4 Å². The van der Waals surface area contributed by atoms with Gasteiger partial charge in [0.1, 0.15) is 11.9 Å². The van der Waals surface area contributed by atoms with Crippen molar-refractivity contribution in [1.29, 1.82) is 0 Å². The largest absolute Gasteiger partial charge is 0.300 e. The number of para-hydroxylation sites is 1. The Morgan fingerprint density at radius 3 is 2.39 bits per heavy atom. The number of aromatic nitrogens is 2. The lowest BCUT2D eigenvalue weighted by atomic mass is 10.2. The second-order valence-corrected chi connectivity index (χ2v) is 4.09. The van der Waals surface area contributed by atoms with Crippen molar-refractivity contribution in [2.75, 3.05) is 0 Å². The van der Waals surface area contributed by atoms with Gasteiger partial charge < -0.3 is 0 Å². The molecule has 0 spiro atoms. The fourth-order valence-corrected chi connectivity index (χ4v) is 1.79. The fraction of sp³-hybridized carbons (Fsp3) is 0.125. The van der Waals surface area contributed by atoms with Gasteiger partial charge in [-0.3, -0.25) is 0 Å². The molecular formula is C16H17N2+. The van der Waals surface area contributed by atoms with Crippen molar-refractivity contribution >= 4 is 0 Å². The molecule has 18 heavy (non-hydrogen) atoms. The Balaban J connectivity index is 2.68. The summed E-state index contributed by atoms with van der Waals surface area (Å²) in [6.45, 7) is 4.11. The Morgan fingerprint density at radius 2 is 1.56 bits per heavy atom. The summed E-state index contributed by atoms with van der Waals surface area (Å²) in [5.41, 5.74) is 2.38. The predicted octanol–water partition coefficient (Wildman–Crippen LogP) is 3.10. The first-order valence-corrected chi connectivity index (χ1v) is 6.01. The van der Waals surface area contributed by atoms with E-state index >= 15 is 0 Å². The monoisotopic (exact) mass is 237 g/mol. The van der Waals surface area contributed by atoms with Gasteiger partial charge in [-0.05, 0) is 30.7 Å². The molecule has 0 saturated carbocycles. The minimum absolute atomic E-state index is 0.945. The van der Waals surface area contributed by atoms with Crippen LogP contribution in [0.25, 0.3) is 5.69 Å². The lowest BCUT2D eigenvalue weighted by Crippen LogP contribution is -2.34. The minimum atomic E-state index is 0.945. The Bertz CT molecular complexity index is 590. The van der Waals surface area contributed by atoms with Gasteiger partial charge in [0.15, 0.2) is 0 Å². The summed E-state index contributed by atoms with van der Waals surface area (Å²) < 4.78 is 2.09. The summed E-state index contributed by atoms with van der Waals surface area (Å²) in [4.78, 5) is 4.43. The number of benzene rings is 1. The first-order valence-electron chi connectivity index (χ1n) is 6.01. The minimum Gasteiger partial charge on any atom is -0.200 e. The van der Waals surface area contributed by atoms with Crippen molar-refractivity contribution in [2.45, 2.75) is 13.8 Å². The smallest absolute Gasteiger partial charge is 0.200 e. The zero-order valence-electron chi connectivity index (χ0n) is 10.7. The molecule has 0 unspecified atom stereocenters. The van der Waals surface area contributed by atoms with Crippen LogP contribution < -0.4 is 4.57 Å². The number of hydrogen-bond donors (Lipinski definition) is 0. The van der Waals surface area contributed by atoms with Gasteiger partial charge in [-0.25, -0.2) is 4.57 Å². The van der Waals surface area contributed by atoms with E-state index < -0.39 is 0 Å².